The zero-order chi connectivity index (χ0) is 16.7. The first kappa shape index (κ1) is 14.9. The van der Waals surface area contributed by atoms with E-state index in [1.165, 1.54) is 11.3 Å². The topological polar surface area (TPSA) is 70.4 Å². The number of esters is 2. The fraction of sp³-hybridized carbons (Fsp3) is 0.235. The maximum Gasteiger partial charge on any atom is 0.349 e. The van der Waals surface area contributed by atoms with Crippen molar-refractivity contribution in [2.45, 2.75) is 19.4 Å². The summed E-state index contributed by atoms with van der Waals surface area (Å²) in [6.07, 6.45) is -0.388. The molecule has 24 heavy (non-hydrogen) atoms. The number of benzene rings is 1. The molecule has 0 radical (unpaired) electrons. The molecule has 1 saturated heterocycles. The van der Waals surface area contributed by atoms with Crippen molar-refractivity contribution in [2.24, 2.45) is 0 Å². The van der Waals surface area contributed by atoms with Gasteiger partial charge in [-0.15, -0.1) is 11.3 Å². The molecule has 1 aliphatic heterocycles. The molecule has 1 aromatic carbocycles. The van der Waals surface area contributed by atoms with E-state index in [0.717, 1.165) is 21.6 Å². The molecule has 0 unspecified atom stereocenters. The zero-order valence-electron chi connectivity index (χ0n) is 12.9. The summed E-state index contributed by atoms with van der Waals surface area (Å²) in [6.45, 7) is 2.20. The maximum absolute atomic E-state index is 12.3. The second-order valence-corrected chi connectivity index (χ2v) is 6.54. The fourth-order valence-electron chi connectivity index (χ4n) is 2.66. The zero-order valence-corrected chi connectivity index (χ0v) is 13.7. The van der Waals surface area contributed by atoms with Gasteiger partial charge < -0.3 is 9.47 Å². The summed E-state index contributed by atoms with van der Waals surface area (Å²) in [5.41, 5.74) is 1.76. The Kier molecular flexibility index (Phi) is 3.57. The summed E-state index contributed by atoms with van der Waals surface area (Å²) < 4.78 is 11.9. The van der Waals surface area contributed by atoms with Gasteiger partial charge in [-0.25, -0.2) is 14.3 Å². The Labute approximate surface area is 141 Å². The Bertz CT molecular complexity index is 929. The van der Waals surface area contributed by atoms with Crippen molar-refractivity contribution in [1.82, 2.24) is 9.78 Å². The van der Waals surface area contributed by atoms with Crippen molar-refractivity contribution in [3.8, 4) is 5.69 Å². The Morgan fingerprint density at radius 3 is 2.88 bits per heavy atom. The second-order valence-electron chi connectivity index (χ2n) is 5.51. The Morgan fingerprint density at radius 2 is 2.17 bits per heavy atom. The lowest BCUT2D eigenvalue weighted by atomic mass is 10.3. The van der Waals surface area contributed by atoms with Crippen LogP contribution in [0, 0.1) is 6.92 Å². The molecule has 7 heteroatoms. The SMILES string of the molecule is Cc1nn(-c2ccccc2)c2sc(C(=O)O[C@@H]3CCOC3=O)cc12. The van der Waals surface area contributed by atoms with Crippen molar-refractivity contribution in [3.63, 3.8) is 0 Å². The van der Waals surface area contributed by atoms with Crippen LogP contribution < -0.4 is 0 Å². The van der Waals surface area contributed by atoms with Gasteiger partial charge in [-0.2, -0.15) is 5.10 Å². The summed E-state index contributed by atoms with van der Waals surface area (Å²) in [7, 11) is 0. The third-order valence-corrected chi connectivity index (χ3v) is 4.97. The van der Waals surface area contributed by atoms with Gasteiger partial charge in [0, 0.05) is 11.8 Å². The van der Waals surface area contributed by atoms with Crippen LogP contribution in [0.3, 0.4) is 0 Å². The number of rotatable bonds is 3. The maximum atomic E-state index is 12.3. The minimum Gasteiger partial charge on any atom is -0.463 e. The van der Waals surface area contributed by atoms with Crippen LogP contribution in [0.1, 0.15) is 21.8 Å². The molecule has 1 aliphatic rings. The van der Waals surface area contributed by atoms with Gasteiger partial charge >= 0.3 is 11.9 Å². The molecular formula is C17H14N2O4S. The van der Waals surface area contributed by atoms with Crippen LogP contribution in [0.2, 0.25) is 0 Å². The number of hydrogen-bond donors (Lipinski definition) is 0. The first-order valence-electron chi connectivity index (χ1n) is 7.55. The number of carbonyl (C=O) groups is 2. The lowest BCUT2D eigenvalue weighted by Crippen LogP contribution is -2.22. The third kappa shape index (κ3) is 2.46. The Balaban J connectivity index is 1.68. The molecule has 3 heterocycles. The van der Waals surface area contributed by atoms with E-state index in [0.29, 0.717) is 17.9 Å². The molecular weight excluding hydrogens is 328 g/mol. The van der Waals surface area contributed by atoms with Crippen molar-refractivity contribution in [3.05, 3.63) is 47.0 Å². The standard InChI is InChI=1S/C17H14N2O4S/c1-10-12-9-14(17(21)23-13-7-8-22-16(13)20)24-15(12)19(18-10)11-5-3-2-4-6-11/h2-6,9,13H,7-8H2,1H3/t13-/m1/s1. The molecule has 4 rings (SSSR count). The normalized spacial score (nSPS) is 17.2. The molecule has 0 aliphatic carbocycles. The first-order valence-corrected chi connectivity index (χ1v) is 8.37. The lowest BCUT2D eigenvalue weighted by Gasteiger charge is -2.06. The van der Waals surface area contributed by atoms with Gasteiger partial charge in [0.2, 0.25) is 6.10 Å². The molecule has 2 aromatic heterocycles. The number of carbonyl (C=O) groups excluding carboxylic acids is 2. The van der Waals surface area contributed by atoms with E-state index in [1.807, 2.05) is 41.9 Å². The molecule has 6 nitrogen and oxygen atoms in total. The molecule has 1 fully saturated rings. The molecule has 0 spiro atoms. The summed E-state index contributed by atoms with van der Waals surface area (Å²) in [6, 6.07) is 11.5. The van der Waals surface area contributed by atoms with Crippen LogP contribution in [0.5, 0.6) is 0 Å². The summed E-state index contributed by atoms with van der Waals surface area (Å²) in [5.74, 6) is -0.977. The number of hydrogen-bond acceptors (Lipinski definition) is 6. The molecule has 0 amide bonds. The van der Waals surface area contributed by atoms with Crippen molar-refractivity contribution >= 4 is 33.5 Å². The monoisotopic (exact) mass is 342 g/mol. The molecule has 122 valence electrons. The predicted octanol–water partition coefficient (Wildman–Crippen LogP) is 2.87. The van der Waals surface area contributed by atoms with E-state index >= 15 is 0 Å². The molecule has 0 bridgehead atoms. The number of para-hydroxylation sites is 1. The van der Waals surface area contributed by atoms with Crippen LogP contribution >= 0.6 is 11.3 Å². The average Bonchev–Trinajstić information content (AvgIpc) is 3.26. The molecule has 0 N–H and O–H groups in total. The Morgan fingerprint density at radius 1 is 1.38 bits per heavy atom. The minimum atomic E-state index is -0.797. The van der Waals surface area contributed by atoms with Crippen LogP contribution in [-0.2, 0) is 14.3 Å². The fourth-order valence-corrected chi connectivity index (χ4v) is 3.73. The van der Waals surface area contributed by atoms with E-state index in [4.69, 9.17) is 9.47 Å². The van der Waals surface area contributed by atoms with E-state index in [-0.39, 0.29) is 0 Å². The highest BCUT2D eigenvalue weighted by atomic mass is 32.1. The number of cyclic esters (lactones) is 1. The smallest absolute Gasteiger partial charge is 0.349 e. The van der Waals surface area contributed by atoms with Gasteiger partial charge in [0.05, 0.1) is 18.0 Å². The van der Waals surface area contributed by atoms with Gasteiger partial charge in [-0.3, -0.25) is 0 Å². The van der Waals surface area contributed by atoms with Crippen LogP contribution in [0.25, 0.3) is 15.9 Å². The number of aromatic nitrogens is 2. The van der Waals surface area contributed by atoms with Crippen LogP contribution in [0.15, 0.2) is 36.4 Å². The highest BCUT2D eigenvalue weighted by Gasteiger charge is 2.31. The number of fused-ring (bicyclic) bond motifs is 1. The van der Waals surface area contributed by atoms with E-state index < -0.39 is 18.0 Å². The summed E-state index contributed by atoms with van der Waals surface area (Å²) in [4.78, 5) is 25.1. The highest BCUT2D eigenvalue weighted by molar-refractivity contribution is 7.20. The largest absolute Gasteiger partial charge is 0.463 e. The van der Waals surface area contributed by atoms with E-state index in [9.17, 15) is 9.59 Å². The van der Waals surface area contributed by atoms with E-state index in [2.05, 4.69) is 5.10 Å². The van der Waals surface area contributed by atoms with Crippen molar-refractivity contribution in [2.75, 3.05) is 6.61 Å². The number of aryl methyl sites for hydroxylation is 1. The van der Waals surface area contributed by atoms with Crippen molar-refractivity contribution in [1.29, 1.82) is 0 Å². The van der Waals surface area contributed by atoms with Gasteiger partial charge in [-0.05, 0) is 25.1 Å². The van der Waals surface area contributed by atoms with Gasteiger partial charge in [0.15, 0.2) is 0 Å². The average molecular weight is 342 g/mol. The number of nitrogens with zero attached hydrogens (tertiary/aromatic N) is 2. The molecule has 1 atom stereocenters. The van der Waals surface area contributed by atoms with Gasteiger partial charge in [-0.1, -0.05) is 18.2 Å². The lowest BCUT2D eigenvalue weighted by molar-refractivity contribution is -0.145. The Hall–Kier alpha value is -2.67. The second kappa shape index (κ2) is 5.76. The minimum absolute atomic E-state index is 0.297. The summed E-state index contributed by atoms with van der Waals surface area (Å²) in [5, 5.41) is 5.44. The van der Waals surface area contributed by atoms with Gasteiger partial charge in [0.1, 0.15) is 9.71 Å². The van der Waals surface area contributed by atoms with Crippen LogP contribution in [-0.4, -0.2) is 34.4 Å². The van der Waals surface area contributed by atoms with Gasteiger partial charge in [0.25, 0.3) is 0 Å². The van der Waals surface area contributed by atoms with Crippen molar-refractivity contribution < 1.29 is 19.1 Å². The third-order valence-electron chi connectivity index (χ3n) is 3.88. The summed E-state index contributed by atoms with van der Waals surface area (Å²) >= 11 is 1.31. The number of thiophene rings is 1. The highest BCUT2D eigenvalue weighted by Crippen LogP contribution is 2.31. The number of ether oxygens (including phenoxy) is 2. The quantitative estimate of drug-likeness (QED) is 0.685. The molecule has 3 aromatic rings. The van der Waals surface area contributed by atoms with E-state index in [1.54, 1.807) is 6.07 Å². The molecule has 0 saturated carbocycles. The van der Waals surface area contributed by atoms with Crippen LogP contribution in [0.4, 0.5) is 0 Å². The predicted molar refractivity (Wildman–Crippen MR) is 88.5 cm³/mol. The first-order chi connectivity index (χ1) is 11.6.